The number of likely N-dealkylation sites (tertiary alicyclic amines) is 1. The molecule has 1 aliphatic rings. The van der Waals surface area contributed by atoms with E-state index < -0.39 is 0 Å². The minimum absolute atomic E-state index is 0.0875. The van der Waals surface area contributed by atoms with E-state index in [1.807, 2.05) is 42.3 Å². The Morgan fingerprint density at radius 3 is 2.26 bits per heavy atom. The Kier molecular flexibility index (Phi) is 4.20. The molecule has 102 valence electrons. The van der Waals surface area contributed by atoms with Crippen LogP contribution < -0.4 is 0 Å². The Balaban J connectivity index is 1.93. The molecule has 0 spiro atoms. The number of hydrogen-bond donors (Lipinski definition) is 0. The zero-order valence-corrected chi connectivity index (χ0v) is 11.5. The number of rotatable bonds is 2. The van der Waals surface area contributed by atoms with Crippen LogP contribution in [0.5, 0.6) is 0 Å². The van der Waals surface area contributed by atoms with Gasteiger partial charge in [0.25, 0.3) is 5.91 Å². The molecule has 1 aliphatic heterocycles. The van der Waals surface area contributed by atoms with E-state index in [2.05, 4.69) is 0 Å². The van der Waals surface area contributed by atoms with Gasteiger partial charge in [-0.15, -0.1) is 0 Å². The van der Waals surface area contributed by atoms with Crippen molar-refractivity contribution in [2.45, 2.75) is 25.8 Å². The van der Waals surface area contributed by atoms with Crippen molar-refractivity contribution in [3.8, 4) is 0 Å². The third kappa shape index (κ3) is 3.13. The molecule has 1 aromatic rings. The first kappa shape index (κ1) is 13.6. The first-order valence-corrected chi connectivity index (χ1v) is 6.67. The fourth-order valence-electron chi connectivity index (χ4n) is 2.48. The van der Waals surface area contributed by atoms with Crippen LogP contribution in [-0.2, 0) is 4.79 Å². The monoisotopic (exact) mass is 260 g/mol. The third-order valence-electron chi connectivity index (χ3n) is 3.82. The maximum Gasteiger partial charge on any atom is 0.253 e. The zero-order valence-electron chi connectivity index (χ0n) is 11.5. The average Bonchev–Trinajstić information content (AvgIpc) is 2.46. The van der Waals surface area contributed by atoms with E-state index in [4.69, 9.17) is 0 Å². The quantitative estimate of drug-likeness (QED) is 0.813. The highest BCUT2D eigenvalue weighted by Gasteiger charge is 2.26. The van der Waals surface area contributed by atoms with Gasteiger partial charge < -0.3 is 9.80 Å². The van der Waals surface area contributed by atoms with Gasteiger partial charge in [0, 0.05) is 38.7 Å². The molecule has 19 heavy (non-hydrogen) atoms. The summed E-state index contributed by atoms with van der Waals surface area (Å²) < 4.78 is 0. The lowest BCUT2D eigenvalue weighted by Gasteiger charge is -2.36. The molecular formula is C15H20N2O2. The molecule has 4 heteroatoms. The van der Waals surface area contributed by atoms with Crippen LogP contribution in [-0.4, -0.2) is 47.8 Å². The second kappa shape index (κ2) is 5.87. The molecule has 0 unspecified atom stereocenters. The third-order valence-corrected chi connectivity index (χ3v) is 3.82. The summed E-state index contributed by atoms with van der Waals surface area (Å²) in [6, 6.07) is 9.61. The van der Waals surface area contributed by atoms with Crippen molar-refractivity contribution in [3.63, 3.8) is 0 Å². The van der Waals surface area contributed by atoms with E-state index in [0.29, 0.717) is 0 Å². The van der Waals surface area contributed by atoms with E-state index in [1.165, 1.54) is 0 Å². The fraction of sp³-hybridized carbons (Fsp3) is 0.467. The number of benzene rings is 1. The normalized spacial score (nSPS) is 16.2. The van der Waals surface area contributed by atoms with E-state index >= 15 is 0 Å². The molecule has 1 heterocycles. The molecule has 0 saturated carbocycles. The van der Waals surface area contributed by atoms with Crippen LogP contribution in [0.15, 0.2) is 30.3 Å². The van der Waals surface area contributed by atoms with E-state index in [-0.39, 0.29) is 17.9 Å². The second-order valence-corrected chi connectivity index (χ2v) is 5.02. The van der Waals surface area contributed by atoms with Gasteiger partial charge in [0.1, 0.15) is 0 Å². The van der Waals surface area contributed by atoms with Crippen molar-refractivity contribution >= 4 is 11.8 Å². The molecule has 1 fully saturated rings. The van der Waals surface area contributed by atoms with Gasteiger partial charge in [-0.25, -0.2) is 0 Å². The lowest BCUT2D eigenvalue weighted by Crippen LogP contribution is -2.46. The van der Waals surface area contributed by atoms with Crippen LogP contribution in [0.2, 0.25) is 0 Å². The summed E-state index contributed by atoms with van der Waals surface area (Å²) in [6.45, 7) is 3.02. The molecule has 1 saturated heterocycles. The molecule has 0 N–H and O–H groups in total. The molecule has 0 aliphatic carbocycles. The molecular weight excluding hydrogens is 240 g/mol. The smallest absolute Gasteiger partial charge is 0.253 e. The zero-order chi connectivity index (χ0) is 13.8. The van der Waals surface area contributed by atoms with Crippen molar-refractivity contribution in [1.29, 1.82) is 0 Å². The van der Waals surface area contributed by atoms with Crippen LogP contribution in [0, 0.1) is 0 Å². The minimum atomic E-state index is 0.0875. The maximum atomic E-state index is 12.3. The molecule has 0 atom stereocenters. The van der Waals surface area contributed by atoms with Crippen LogP contribution in [0.3, 0.4) is 0 Å². The van der Waals surface area contributed by atoms with Crippen molar-refractivity contribution in [1.82, 2.24) is 9.80 Å². The Labute approximate surface area is 114 Å². The number of carbonyl (C=O) groups is 2. The summed E-state index contributed by atoms with van der Waals surface area (Å²) in [5.74, 6) is 0.178. The van der Waals surface area contributed by atoms with Gasteiger partial charge in [-0.1, -0.05) is 18.2 Å². The van der Waals surface area contributed by atoms with Crippen LogP contribution in [0.4, 0.5) is 0 Å². The average molecular weight is 260 g/mol. The summed E-state index contributed by atoms with van der Waals surface area (Å²) in [4.78, 5) is 27.2. The van der Waals surface area contributed by atoms with Gasteiger partial charge in [-0.3, -0.25) is 9.59 Å². The van der Waals surface area contributed by atoms with Crippen molar-refractivity contribution in [2.24, 2.45) is 0 Å². The van der Waals surface area contributed by atoms with Gasteiger partial charge in [0.2, 0.25) is 5.91 Å². The SMILES string of the molecule is CC(=O)N(C)C1CCN(C(=O)c2ccccc2)CC1. The van der Waals surface area contributed by atoms with Gasteiger partial charge >= 0.3 is 0 Å². The van der Waals surface area contributed by atoms with E-state index in [1.54, 1.807) is 11.8 Å². The Bertz CT molecular complexity index is 450. The Morgan fingerprint density at radius 2 is 1.74 bits per heavy atom. The highest BCUT2D eigenvalue weighted by atomic mass is 16.2. The summed E-state index contributed by atoms with van der Waals surface area (Å²) in [5.41, 5.74) is 0.737. The number of piperidine rings is 1. The molecule has 0 aromatic heterocycles. The van der Waals surface area contributed by atoms with Crippen LogP contribution >= 0.6 is 0 Å². The van der Waals surface area contributed by atoms with Crippen LogP contribution in [0.25, 0.3) is 0 Å². The lowest BCUT2D eigenvalue weighted by molar-refractivity contribution is -0.130. The van der Waals surface area contributed by atoms with E-state index in [0.717, 1.165) is 31.5 Å². The standard InChI is InChI=1S/C15H20N2O2/c1-12(18)16(2)14-8-10-17(11-9-14)15(19)13-6-4-3-5-7-13/h3-7,14H,8-11H2,1-2H3. The van der Waals surface area contributed by atoms with Gasteiger partial charge in [0.05, 0.1) is 0 Å². The van der Waals surface area contributed by atoms with Gasteiger partial charge in [-0.05, 0) is 25.0 Å². The fourth-order valence-corrected chi connectivity index (χ4v) is 2.48. The largest absolute Gasteiger partial charge is 0.343 e. The van der Waals surface area contributed by atoms with Gasteiger partial charge in [-0.2, -0.15) is 0 Å². The summed E-state index contributed by atoms with van der Waals surface area (Å²) in [7, 11) is 1.83. The van der Waals surface area contributed by atoms with Crippen molar-refractivity contribution in [2.75, 3.05) is 20.1 Å². The number of hydrogen-bond acceptors (Lipinski definition) is 2. The Morgan fingerprint density at radius 1 is 1.16 bits per heavy atom. The maximum absolute atomic E-state index is 12.3. The molecule has 2 rings (SSSR count). The van der Waals surface area contributed by atoms with Crippen molar-refractivity contribution in [3.05, 3.63) is 35.9 Å². The summed E-state index contributed by atoms with van der Waals surface area (Å²) >= 11 is 0. The highest BCUT2D eigenvalue weighted by molar-refractivity contribution is 5.94. The molecule has 1 aromatic carbocycles. The molecule has 0 radical (unpaired) electrons. The first-order valence-electron chi connectivity index (χ1n) is 6.67. The minimum Gasteiger partial charge on any atom is -0.343 e. The topological polar surface area (TPSA) is 40.6 Å². The molecule has 4 nitrogen and oxygen atoms in total. The van der Waals surface area contributed by atoms with Crippen LogP contribution in [0.1, 0.15) is 30.1 Å². The second-order valence-electron chi connectivity index (χ2n) is 5.02. The Hall–Kier alpha value is -1.84. The molecule has 0 bridgehead atoms. The lowest BCUT2D eigenvalue weighted by atomic mass is 10.0. The number of nitrogens with zero attached hydrogens (tertiary/aromatic N) is 2. The summed E-state index contributed by atoms with van der Waals surface area (Å²) in [5, 5.41) is 0. The first-order chi connectivity index (χ1) is 9.09. The number of carbonyl (C=O) groups excluding carboxylic acids is 2. The van der Waals surface area contributed by atoms with E-state index in [9.17, 15) is 9.59 Å². The molecule has 2 amide bonds. The van der Waals surface area contributed by atoms with Gasteiger partial charge in [0.15, 0.2) is 0 Å². The van der Waals surface area contributed by atoms with Crippen molar-refractivity contribution < 1.29 is 9.59 Å². The predicted molar refractivity (Wildman–Crippen MR) is 73.8 cm³/mol. The predicted octanol–water partition coefficient (Wildman–Crippen LogP) is 1.77. The highest BCUT2D eigenvalue weighted by Crippen LogP contribution is 2.17. The summed E-state index contributed by atoms with van der Waals surface area (Å²) in [6.07, 6.45) is 1.71. The number of amides is 2.